The van der Waals surface area contributed by atoms with Crippen molar-refractivity contribution in [2.45, 2.75) is 51.3 Å². The van der Waals surface area contributed by atoms with E-state index < -0.39 is 0 Å². The van der Waals surface area contributed by atoms with Crippen molar-refractivity contribution in [2.24, 2.45) is 0 Å². The largest absolute Gasteiger partial charge is 0.498 e. The average Bonchev–Trinajstić information content (AvgIpc) is 3.30. The van der Waals surface area contributed by atoms with Gasteiger partial charge in [-0.2, -0.15) is 0 Å². The fourth-order valence-corrected chi connectivity index (χ4v) is 6.19. The Bertz CT molecular complexity index is 1430. The Hall–Kier alpha value is -3.84. The second-order valence-corrected chi connectivity index (χ2v) is 9.99. The zero-order valence-corrected chi connectivity index (χ0v) is 23.2. The lowest BCUT2D eigenvalue weighted by Crippen LogP contribution is -2.42. The smallest absolute Gasteiger partial charge is 0.340 e. The van der Waals surface area contributed by atoms with E-state index >= 15 is 0 Å². The maximum absolute atomic E-state index is 13.9. The van der Waals surface area contributed by atoms with Crippen LogP contribution in [0.5, 0.6) is 0 Å². The van der Waals surface area contributed by atoms with E-state index in [2.05, 4.69) is 42.2 Å². The van der Waals surface area contributed by atoms with Crippen LogP contribution in [0.3, 0.4) is 0 Å². The van der Waals surface area contributed by atoms with Crippen molar-refractivity contribution >= 4 is 28.3 Å². The number of ether oxygens (including phenoxy) is 4. The SMILES string of the molecule is CCOC(=O)C1=C(c2cccc3ccccc23)C(CCC(=O)OC)N2C1=C1C=C(OC)C(OC)C=C1CC2C. The zero-order valence-electron chi connectivity index (χ0n) is 23.2. The molecule has 3 unspecified atom stereocenters. The molecule has 0 spiro atoms. The highest BCUT2D eigenvalue weighted by molar-refractivity contribution is 6.09. The number of rotatable bonds is 8. The predicted molar refractivity (Wildman–Crippen MR) is 149 cm³/mol. The number of carbonyl (C=O) groups excluding carboxylic acids is 2. The maximum Gasteiger partial charge on any atom is 0.340 e. The van der Waals surface area contributed by atoms with E-state index in [-0.39, 0.29) is 43.2 Å². The van der Waals surface area contributed by atoms with Gasteiger partial charge in [0.15, 0.2) is 0 Å². The monoisotopic (exact) mass is 529 g/mol. The number of benzene rings is 2. The van der Waals surface area contributed by atoms with Crippen LogP contribution in [0.25, 0.3) is 16.3 Å². The lowest BCUT2D eigenvalue weighted by Gasteiger charge is -2.42. The Kier molecular flexibility index (Phi) is 7.62. The Morgan fingerprint density at radius 3 is 2.54 bits per heavy atom. The van der Waals surface area contributed by atoms with Crippen molar-refractivity contribution in [3.8, 4) is 0 Å². The number of allylic oxidation sites excluding steroid dienone is 2. The highest BCUT2D eigenvalue weighted by Crippen LogP contribution is 2.51. The van der Waals surface area contributed by atoms with Crippen LogP contribution >= 0.6 is 0 Å². The molecule has 7 heteroatoms. The van der Waals surface area contributed by atoms with Crippen molar-refractivity contribution in [1.82, 2.24) is 4.90 Å². The highest BCUT2D eigenvalue weighted by atomic mass is 16.5. The van der Waals surface area contributed by atoms with Crippen LogP contribution in [-0.4, -0.2) is 63.0 Å². The molecule has 1 aliphatic carbocycles. The summed E-state index contributed by atoms with van der Waals surface area (Å²) in [6.45, 7) is 4.23. The standard InChI is InChI=1S/C32H35NO6/c1-6-39-32(35)30-29(23-13-9-11-20-10-7-8-12-22(20)23)25(14-15-28(34)38-5)33-19(2)16-21-17-26(36-3)27(37-4)18-24(21)31(30)33/h7-13,17-19,25-26H,6,14-16H2,1-5H3. The lowest BCUT2D eigenvalue weighted by atomic mass is 9.85. The number of hydrogen-bond acceptors (Lipinski definition) is 7. The number of carbonyl (C=O) groups is 2. The topological polar surface area (TPSA) is 74.3 Å². The number of esters is 2. The average molecular weight is 530 g/mol. The Balaban J connectivity index is 1.83. The molecule has 0 radical (unpaired) electrons. The highest BCUT2D eigenvalue weighted by Gasteiger charge is 2.47. The van der Waals surface area contributed by atoms with Gasteiger partial charge in [-0.25, -0.2) is 4.79 Å². The van der Waals surface area contributed by atoms with E-state index in [9.17, 15) is 9.59 Å². The second kappa shape index (κ2) is 11.1. The Labute approximate surface area is 229 Å². The first kappa shape index (κ1) is 26.8. The molecule has 39 heavy (non-hydrogen) atoms. The quantitative estimate of drug-likeness (QED) is 0.428. The van der Waals surface area contributed by atoms with Gasteiger partial charge >= 0.3 is 11.9 Å². The first-order chi connectivity index (χ1) is 18.9. The molecule has 5 rings (SSSR count). The molecule has 0 N–H and O–H groups in total. The van der Waals surface area contributed by atoms with Crippen LogP contribution < -0.4 is 0 Å². The fourth-order valence-electron chi connectivity index (χ4n) is 6.19. The van der Waals surface area contributed by atoms with Gasteiger partial charge in [0.25, 0.3) is 0 Å². The first-order valence-electron chi connectivity index (χ1n) is 13.4. The van der Waals surface area contributed by atoms with Gasteiger partial charge < -0.3 is 23.8 Å². The summed E-state index contributed by atoms with van der Waals surface area (Å²) in [6, 6.07) is 14.1. The molecule has 2 aromatic carbocycles. The van der Waals surface area contributed by atoms with Crippen molar-refractivity contribution in [1.29, 1.82) is 0 Å². The summed E-state index contributed by atoms with van der Waals surface area (Å²) < 4.78 is 22.1. The number of methoxy groups -OCH3 is 3. The maximum atomic E-state index is 13.9. The van der Waals surface area contributed by atoms with Crippen molar-refractivity contribution in [3.05, 3.63) is 88.4 Å². The molecular weight excluding hydrogens is 494 g/mol. The third kappa shape index (κ3) is 4.65. The zero-order chi connectivity index (χ0) is 27.7. The fraction of sp³-hybridized carbons (Fsp3) is 0.375. The molecule has 204 valence electrons. The predicted octanol–water partition coefficient (Wildman–Crippen LogP) is 5.33. The summed E-state index contributed by atoms with van der Waals surface area (Å²) >= 11 is 0. The molecule has 3 atom stereocenters. The normalized spacial score (nSPS) is 22.3. The summed E-state index contributed by atoms with van der Waals surface area (Å²) in [4.78, 5) is 28.5. The molecule has 2 heterocycles. The lowest BCUT2D eigenvalue weighted by molar-refractivity contribution is -0.141. The summed E-state index contributed by atoms with van der Waals surface area (Å²) in [7, 11) is 4.69. The van der Waals surface area contributed by atoms with Gasteiger partial charge in [0, 0.05) is 25.1 Å². The van der Waals surface area contributed by atoms with Gasteiger partial charge in [-0.3, -0.25) is 4.79 Å². The van der Waals surface area contributed by atoms with Gasteiger partial charge in [-0.1, -0.05) is 42.5 Å². The summed E-state index contributed by atoms with van der Waals surface area (Å²) in [5.41, 5.74) is 5.24. The minimum Gasteiger partial charge on any atom is -0.498 e. The molecule has 0 aromatic heterocycles. The van der Waals surface area contributed by atoms with Crippen LogP contribution in [0.4, 0.5) is 0 Å². The minimum atomic E-state index is -0.372. The summed E-state index contributed by atoms with van der Waals surface area (Å²) in [5.74, 6) is 0.0211. The number of hydrogen-bond donors (Lipinski definition) is 0. The molecule has 0 bridgehead atoms. The van der Waals surface area contributed by atoms with Gasteiger partial charge in [0.05, 0.1) is 38.1 Å². The van der Waals surface area contributed by atoms with Gasteiger partial charge in [0.2, 0.25) is 0 Å². The van der Waals surface area contributed by atoms with E-state index in [1.54, 1.807) is 14.2 Å². The van der Waals surface area contributed by atoms with E-state index in [4.69, 9.17) is 18.9 Å². The third-order valence-electron chi connectivity index (χ3n) is 7.84. The number of nitrogens with zero attached hydrogens (tertiary/aromatic N) is 1. The van der Waals surface area contributed by atoms with Crippen LogP contribution in [0.15, 0.2) is 82.8 Å². The molecule has 0 fully saturated rings. The Morgan fingerprint density at radius 2 is 1.82 bits per heavy atom. The first-order valence-corrected chi connectivity index (χ1v) is 13.4. The molecule has 3 aliphatic rings. The molecule has 0 saturated carbocycles. The molecule has 0 amide bonds. The van der Waals surface area contributed by atoms with Gasteiger partial charge in [-0.05, 0) is 66.3 Å². The van der Waals surface area contributed by atoms with Crippen molar-refractivity contribution < 1.29 is 28.5 Å². The molecule has 7 nitrogen and oxygen atoms in total. The van der Waals surface area contributed by atoms with E-state index in [0.717, 1.165) is 45.2 Å². The van der Waals surface area contributed by atoms with Crippen molar-refractivity contribution in [2.75, 3.05) is 27.9 Å². The minimum absolute atomic E-state index is 0.0598. The van der Waals surface area contributed by atoms with E-state index in [0.29, 0.717) is 17.8 Å². The van der Waals surface area contributed by atoms with E-state index in [1.165, 1.54) is 7.11 Å². The third-order valence-corrected chi connectivity index (χ3v) is 7.84. The van der Waals surface area contributed by atoms with Crippen LogP contribution in [0, 0.1) is 0 Å². The molecular formula is C32H35NO6. The van der Waals surface area contributed by atoms with Crippen LogP contribution in [0.2, 0.25) is 0 Å². The van der Waals surface area contributed by atoms with Gasteiger partial charge in [0.1, 0.15) is 11.9 Å². The van der Waals surface area contributed by atoms with Crippen LogP contribution in [-0.2, 0) is 28.5 Å². The van der Waals surface area contributed by atoms with Crippen LogP contribution in [0.1, 0.15) is 38.7 Å². The van der Waals surface area contributed by atoms with Crippen molar-refractivity contribution in [3.63, 3.8) is 0 Å². The van der Waals surface area contributed by atoms with E-state index in [1.807, 2.05) is 31.2 Å². The van der Waals surface area contributed by atoms with Gasteiger partial charge in [-0.15, -0.1) is 0 Å². The summed E-state index contributed by atoms with van der Waals surface area (Å²) in [5, 5.41) is 2.13. The summed E-state index contributed by atoms with van der Waals surface area (Å²) in [6.07, 6.45) is 5.26. The molecule has 2 aliphatic heterocycles. The second-order valence-electron chi connectivity index (χ2n) is 9.99. The Morgan fingerprint density at radius 1 is 1.05 bits per heavy atom. The number of fused-ring (bicyclic) bond motifs is 3. The molecule has 0 saturated heterocycles. The molecule has 2 aromatic rings.